The van der Waals surface area contributed by atoms with Crippen LogP contribution in [-0.4, -0.2) is 29.4 Å². The first-order chi connectivity index (χ1) is 12.3. The lowest BCUT2D eigenvalue weighted by Gasteiger charge is -2.26. The fraction of sp³-hybridized carbons (Fsp3) is 0.438. The highest BCUT2D eigenvalue weighted by molar-refractivity contribution is 6.32. The quantitative estimate of drug-likeness (QED) is 0.613. The van der Waals surface area contributed by atoms with E-state index < -0.39 is 27.6 Å². The number of benzene rings is 1. The lowest BCUT2D eigenvalue weighted by Crippen LogP contribution is -2.39. The number of fused-ring (bicyclic) bond motifs is 2. The van der Waals surface area contributed by atoms with Gasteiger partial charge in [-0.15, -0.1) is 0 Å². The van der Waals surface area contributed by atoms with E-state index in [1.165, 1.54) is 18.2 Å². The van der Waals surface area contributed by atoms with E-state index in [1.807, 2.05) is 0 Å². The van der Waals surface area contributed by atoms with Crippen molar-refractivity contribution in [1.29, 1.82) is 10.5 Å². The van der Waals surface area contributed by atoms with Crippen LogP contribution in [0.5, 0.6) is 0 Å². The topological polar surface area (TPSA) is 148 Å². The van der Waals surface area contributed by atoms with E-state index in [9.17, 15) is 20.6 Å². The molecule has 2 heterocycles. The van der Waals surface area contributed by atoms with Crippen LogP contribution < -0.4 is 5.73 Å². The molecule has 5 atom stereocenters. The normalized spacial score (nSPS) is 39.8. The number of nitro groups is 1. The minimum atomic E-state index is -1.69. The van der Waals surface area contributed by atoms with Crippen LogP contribution >= 0.6 is 11.6 Å². The third-order valence-electron chi connectivity index (χ3n) is 5.30. The van der Waals surface area contributed by atoms with Crippen molar-refractivity contribution < 1.29 is 14.4 Å². The van der Waals surface area contributed by atoms with Gasteiger partial charge in [0.2, 0.25) is 0 Å². The van der Waals surface area contributed by atoms with Gasteiger partial charge >= 0.3 is 0 Å². The van der Waals surface area contributed by atoms with Crippen LogP contribution in [0.25, 0.3) is 0 Å². The zero-order valence-corrected chi connectivity index (χ0v) is 14.2. The number of nitrogens with two attached hydrogens (primary N) is 1. The van der Waals surface area contributed by atoms with Gasteiger partial charge in [0.15, 0.2) is 5.41 Å². The summed E-state index contributed by atoms with van der Waals surface area (Å²) in [6.45, 7) is 1.94. The van der Waals surface area contributed by atoms with Gasteiger partial charge in [-0.2, -0.15) is 10.5 Å². The van der Waals surface area contributed by atoms with Crippen LogP contribution in [0.1, 0.15) is 18.4 Å². The molecule has 0 radical (unpaired) electrons. The molecule has 3 aliphatic rings. The van der Waals surface area contributed by atoms with Crippen molar-refractivity contribution in [2.24, 2.45) is 21.6 Å². The average Bonchev–Trinajstić information content (AvgIpc) is 2.99. The molecule has 1 aliphatic carbocycles. The van der Waals surface area contributed by atoms with Crippen molar-refractivity contribution in [2.45, 2.75) is 24.9 Å². The average molecular weight is 374 g/mol. The van der Waals surface area contributed by atoms with E-state index in [0.717, 1.165) is 0 Å². The fourth-order valence-electron chi connectivity index (χ4n) is 4.21. The zero-order valence-electron chi connectivity index (χ0n) is 13.5. The summed E-state index contributed by atoms with van der Waals surface area (Å²) in [6, 6.07) is 8.37. The third kappa shape index (κ3) is 1.59. The summed E-state index contributed by atoms with van der Waals surface area (Å²) in [5.41, 5.74) is 3.10. The Bertz CT molecular complexity index is 968. The van der Waals surface area contributed by atoms with E-state index in [2.05, 4.69) is 17.1 Å². The monoisotopic (exact) mass is 373 g/mol. The number of halogens is 1. The van der Waals surface area contributed by atoms with E-state index in [4.69, 9.17) is 26.8 Å². The molecular weight excluding hydrogens is 362 g/mol. The summed E-state index contributed by atoms with van der Waals surface area (Å²) in [5.74, 6) is -2.55. The molecule has 0 bridgehead atoms. The highest BCUT2D eigenvalue weighted by Gasteiger charge is 2.94. The maximum atomic E-state index is 11.2. The molecule has 1 saturated carbocycles. The second kappa shape index (κ2) is 4.92. The molecule has 9 nitrogen and oxygen atoms in total. The Morgan fingerprint density at radius 3 is 2.73 bits per heavy atom. The number of hydrogen-bond donors (Lipinski definition) is 1. The summed E-state index contributed by atoms with van der Waals surface area (Å²) >= 11 is 5.87. The second-order valence-corrected chi connectivity index (χ2v) is 6.97. The van der Waals surface area contributed by atoms with Crippen molar-refractivity contribution >= 4 is 23.1 Å². The Morgan fingerprint density at radius 2 is 2.19 bits per heavy atom. The minimum Gasteiger partial charge on any atom is -0.386 e. The fourth-order valence-corrected chi connectivity index (χ4v) is 4.40. The summed E-state index contributed by atoms with van der Waals surface area (Å²) in [4.78, 5) is 14.8. The van der Waals surface area contributed by atoms with Gasteiger partial charge in [-0.3, -0.25) is 10.1 Å². The van der Waals surface area contributed by atoms with Gasteiger partial charge in [0, 0.05) is 12.0 Å². The highest BCUT2D eigenvalue weighted by atomic mass is 35.5. The molecule has 2 fully saturated rings. The number of amidine groups is 1. The smallest absolute Gasteiger partial charge is 0.293 e. The maximum absolute atomic E-state index is 11.2. The Hall–Kier alpha value is -2.72. The molecular formula is C16H12ClN5O4. The Kier molecular flexibility index (Phi) is 3.17. The first-order valence-corrected chi connectivity index (χ1v) is 8.11. The molecule has 1 spiro atoms. The minimum absolute atomic E-state index is 0.0417. The number of nitro benzene ring substituents is 1. The number of aliphatic imine (C=N–C) groups is 1. The van der Waals surface area contributed by atoms with Gasteiger partial charge < -0.3 is 15.2 Å². The standard InChI is InChI=1S/C16H12ClN5O4/c1-8-5-25-16(26-8)15(7-19)12(14(15,6-18)13(20)21-16)9-2-3-10(17)11(4-9)22(23)24/h2-4,8,12H,5H2,1H3,(H2,20,21)/t8-,12+,14+,15+,16+/m0/s1. The summed E-state index contributed by atoms with van der Waals surface area (Å²) in [6.07, 6.45) is -0.341. The third-order valence-corrected chi connectivity index (χ3v) is 5.62. The van der Waals surface area contributed by atoms with Gasteiger partial charge in [0.1, 0.15) is 16.3 Å². The molecule has 132 valence electrons. The lowest BCUT2D eigenvalue weighted by atomic mass is 9.94. The number of hydrogen-bond acceptors (Lipinski definition) is 8. The number of nitrogens with zero attached hydrogens (tertiary/aromatic N) is 4. The van der Waals surface area contributed by atoms with Crippen molar-refractivity contribution in [3.63, 3.8) is 0 Å². The van der Waals surface area contributed by atoms with E-state index >= 15 is 0 Å². The number of rotatable bonds is 2. The molecule has 1 saturated heterocycles. The largest absolute Gasteiger partial charge is 0.386 e. The Labute approximate surface area is 152 Å². The van der Waals surface area contributed by atoms with E-state index in [1.54, 1.807) is 6.92 Å². The number of nitriles is 2. The Morgan fingerprint density at radius 1 is 1.46 bits per heavy atom. The van der Waals surface area contributed by atoms with Crippen molar-refractivity contribution in [3.05, 3.63) is 38.9 Å². The first-order valence-electron chi connectivity index (χ1n) is 7.73. The van der Waals surface area contributed by atoms with Gasteiger partial charge in [-0.1, -0.05) is 17.7 Å². The van der Waals surface area contributed by atoms with Gasteiger partial charge in [-0.05, 0) is 18.6 Å². The van der Waals surface area contributed by atoms with Crippen molar-refractivity contribution in [2.75, 3.05) is 6.61 Å². The van der Waals surface area contributed by atoms with E-state index in [-0.39, 0.29) is 29.3 Å². The van der Waals surface area contributed by atoms with Crippen molar-refractivity contribution in [3.8, 4) is 12.1 Å². The van der Waals surface area contributed by atoms with Crippen LogP contribution in [0.3, 0.4) is 0 Å². The Balaban J connectivity index is 1.91. The van der Waals surface area contributed by atoms with Gasteiger partial charge in [0.05, 0.1) is 29.8 Å². The predicted octanol–water partition coefficient (Wildman–Crippen LogP) is 1.83. The second-order valence-electron chi connectivity index (χ2n) is 6.56. The molecule has 2 N–H and O–H groups in total. The SMILES string of the molecule is C[C@H]1CO[C@@]2(N=C(N)[C@@]3(C#N)[C@@H](c4ccc(Cl)c([N+](=O)[O-])c4)[C@@]23C#N)O1. The number of ether oxygens (including phenoxy) is 2. The summed E-state index contributed by atoms with van der Waals surface area (Å²) in [7, 11) is 0. The van der Waals surface area contributed by atoms with Crippen LogP contribution in [-0.2, 0) is 9.47 Å². The molecule has 26 heavy (non-hydrogen) atoms. The zero-order chi connectivity index (χ0) is 18.9. The van der Waals surface area contributed by atoms with Gasteiger partial charge in [0.25, 0.3) is 11.6 Å². The lowest BCUT2D eigenvalue weighted by molar-refractivity contribution is -0.384. The van der Waals surface area contributed by atoms with Crippen LogP contribution in [0, 0.1) is 43.6 Å². The van der Waals surface area contributed by atoms with Crippen LogP contribution in [0.2, 0.25) is 5.02 Å². The first kappa shape index (κ1) is 16.7. The van der Waals surface area contributed by atoms with Crippen molar-refractivity contribution in [1.82, 2.24) is 0 Å². The van der Waals surface area contributed by atoms with Crippen LogP contribution in [0.4, 0.5) is 5.69 Å². The molecule has 0 amide bonds. The molecule has 10 heteroatoms. The maximum Gasteiger partial charge on any atom is 0.293 e. The van der Waals surface area contributed by atoms with Crippen LogP contribution in [0.15, 0.2) is 23.2 Å². The molecule has 2 aliphatic heterocycles. The van der Waals surface area contributed by atoms with E-state index in [0.29, 0.717) is 5.56 Å². The molecule has 0 unspecified atom stereocenters. The summed E-state index contributed by atoms with van der Waals surface area (Å²) in [5, 5.41) is 31.1. The highest BCUT2D eigenvalue weighted by Crippen LogP contribution is 2.82. The predicted molar refractivity (Wildman–Crippen MR) is 87.8 cm³/mol. The molecule has 0 aromatic heterocycles. The molecule has 4 rings (SSSR count). The summed E-state index contributed by atoms with van der Waals surface area (Å²) < 4.78 is 11.5. The molecule has 1 aromatic carbocycles. The molecule has 1 aromatic rings. The van der Waals surface area contributed by atoms with Gasteiger partial charge in [-0.25, -0.2) is 4.99 Å².